The predicted molar refractivity (Wildman–Crippen MR) is 84.2 cm³/mol. The highest BCUT2D eigenvalue weighted by Crippen LogP contribution is 2.26. The molecule has 1 aromatic heterocycles. The molecule has 2 aromatic carbocycles. The van der Waals surface area contributed by atoms with E-state index >= 15 is 0 Å². The summed E-state index contributed by atoms with van der Waals surface area (Å²) in [6, 6.07) is 17.2. The lowest BCUT2D eigenvalue weighted by molar-refractivity contribution is 0.500. The summed E-state index contributed by atoms with van der Waals surface area (Å²) in [5.41, 5.74) is 2.35. The molecule has 0 saturated carbocycles. The molecule has 2 nitrogen and oxygen atoms in total. The van der Waals surface area contributed by atoms with Crippen molar-refractivity contribution in [1.82, 2.24) is 0 Å². The molecule has 0 aliphatic rings. The summed E-state index contributed by atoms with van der Waals surface area (Å²) in [4.78, 5) is 0. The normalized spacial score (nSPS) is 12.6. The average molecular weight is 265 g/mol. The van der Waals surface area contributed by atoms with Crippen LogP contribution in [0.4, 0.5) is 5.69 Å². The zero-order chi connectivity index (χ0) is 14.1. The van der Waals surface area contributed by atoms with Crippen molar-refractivity contribution >= 4 is 16.5 Å². The molecule has 1 heterocycles. The average Bonchev–Trinajstić information content (AvgIpc) is 2.78. The van der Waals surface area contributed by atoms with Crippen molar-refractivity contribution in [3.05, 3.63) is 65.6 Å². The van der Waals surface area contributed by atoms with Gasteiger partial charge in [0, 0.05) is 11.3 Å². The molecule has 20 heavy (non-hydrogen) atoms. The van der Waals surface area contributed by atoms with Crippen LogP contribution in [0.2, 0.25) is 0 Å². The summed E-state index contributed by atoms with van der Waals surface area (Å²) >= 11 is 0. The van der Waals surface area contributed by atoms with Gasteiger partial charge in [-0.3, -0.25) is 0 Å². The van der Waals surface area contributed by atoms with Crippen molar-refractivity contribution in [1.29, 1.82) is 0 Å². The minimum atomic E-state index is 0.230. The van der Waals surface area contributed by atoms with Crippen LogP contribution in [-0.2, 0) is 0 Å². The van der Waals surface area contributed by atoms with Gasteiger partial charge in [-0.05, 0) is 49.7 Å². The lowest BCUT2D eigenvalue weighted by atomic mass is 10.1. The number of anilines is 1. The molecule has 0 spiro atoms. The molecule has 0 aliphatic heterocycles. The van der Waals surface area contributed by atoms with Gasteiger partial charge in [0.15, 0.2) is 0 Å². The Bertz CT molecular complexity index is 742. The molecular formula is C18H19NO. The standard InChI is InChI=1S/C18H19NO/c1-12-10-18(14(3)20-12)13(2)19-17-9-8-15-6-4-5-7-16(15)11-17/h4-11,13,19H,1-3H3. The first-order valence-electron chi connectivity index (χ1n) is 6.96. The van der Waals surface area contributed by atoms with Gasteiger partial charge >= 0.3 is 0 Å². The van der Waals surface area contributed by atoms with Crippen molar-refractivity contribution < 1.29 is 4.42 Å². The number of nitrogens with one attached hydrogen (secondary N) is 1. The van der Waals surface area contributed by atoms with E-state index in [1.165, 1.54) is 16.3 Å². The molecule has 0 radical (unpaired) electrons. The highest BCUT2D eigenvalue weighted by atomic mass is 16.3. The third-order valence-corrected chi connectivity index (χ3v) is 3.68. The number of fused-ring (bicyclic) bond motifs is 1. The highest BCUT2D eigenvalue weighted by Gasteiger charge is 2.12. The van der Waals surface area contributed by atoms with Crippen LogP contribution >= 0.6 is 0 Å². The molecule has 102 valence electrons. The van der Waals surface area contributed by atoms with E-state index in [2.05, 4.69) is 60.8 Å². The lowest BCUT2D eigenvalue weighted by Crippen LogP contribution is -2.06. The Morgan fingerprint density at radius 3 is 2.40 bits per heavy atom. The fraction of sp³-hybridized carbons (Fsp3) is 0.222. The van der Waals surface area contributed by atoms with Gasteiger partial charge in [-0.2, -0.15) is 0 Å². The van der Waals surface area contributed by atoms with Crippen molar-refractivity contribution in [3.63, 3.8) is 0 Å². The Balaban J connectivity index is 1.87. The molecule has 0 fully saturated rings. The SMILES string of the molecule is Cc1cc(C(C)Nc2ccc3ccccc3c2)c(C)o1. The van der Waals surface area contributed by atoms with Crippen LogP contribution in [-0.4, -0.2) is 0 Å². The van der Waals surface area contributed by atoms with Gasteiger partial charge in [0.1, 0.15) is 11.5 Å². The van der Waals surface area contributed by atoms with E-state index in [9.17, 15) is 0 Å². The number of hydrogen-bond donors (Lipinski definition) is 1. The molecule has 0 aliphatic carbocycles. The van der Waals surface area contributed by atoms with Crippen LogP contribution in [0.15, 0.2) is 52.9 Å². The maximum atomic E-state index is 5.60. The monoisotopic (exact) mass is 265 g/mol. The van der Waals surface area contributed by atoms with Crippen molar-refractivity contribution in [2.24, 2.45) is 0 Å². The topological polar surface area (TPSA) is 25.2 Å². The molecule has 0 saturated heterocycles. The van der Waals surface area contributed by atoms with Crippen LogP contribution in [0.25, 0.3) is 10.8 Å². The molecule has 0 amide bonds. The van der Waals surface area contributed by atoms with Crippen LogP contribution in [0, 0.1) is 13.8 Å². The highest BCUT2D eigenvalue weighted by molar-refractivity contribution is 5.85. The Morgan fingerprint density at radius 2 is 1.70 bits per heavy atom. The van der Waals surface area contributed by atoms with Crippen LogP contribution in [0.5, 0.6) is 0 Å². The van der Waals surface area contributed by atoms with Gasteiger partial charge in [0.25, 0.3) is 0 Å². The fourth-order valence-corrected chi connectivity index (χ4v) is 2.69. The lowest BCUT2D eigenvalue weighted by Gasteiger charge is -2.15. The third-order valence-electron chi connectivity index (χ3n) is 3.68. The van der Waals surface area contributed by atoms with Crippen LogP contribution in [0.3, 0.4) is 0 Å². The Kier molecular flexibility index (Phi) is 3.23. The van der Waals surface area contributed by atoms with E-state index in [-0.39, 0.29) is 6.04 Å². The summed E-state index contributed by atoms with van der Waals surface area (Å²) in [5, 5.41) is 6.06. The molecule has 3 rings (SSSR count). The minimum absolute atomic E-state index is 0.230. The Hall–Kier alpha value is -2.22. The zero-order valence-electron chi connectivity index (χ0n) is 12.1. The second kappa shape index (κ2) is 5.04. The molecule has 1 N–H and O–H groups in total. The second-order valence-corrected chi connectivity index (χ2v) is 5.30. The van der Waals surface area contributed by atoms with Crippen LogP contribution in [0.1, 0.15) is 30.0 Å². The van der Waals surface area contributed by atoms with Crippen molar-refractivity contribution in [2.75, 3.05) is 5.32 Å². The zero-order valence-corrected chi connectivity index (χ0v) is 12.1. The summed E-state index contributed by atoms with van der Waals surface area (Å²) in [5.74, 6) is 1.95. The summed E-state index contributed by atoms with van der Waals surface area (Å²) in [6.45, 7) is 6.16. The summed E-state index contributed by atoms with van der Waals surface area (Å²) < 4.78 is 5.60. The summed E-state index contributed by atoms with van der Waals surface area (Å²) in [6.07, 6.45) is 0. The summed E-state index contributed by atoms with van der Waals surface area (Å²) in [7, 11) is 0. The molecule has 3 aromatic rings. The quantitative estimate of drug-likeness (QED) is 0.702. The van der Waals surface area contributed by atoms with Crippen LogP contribution < -0.4 is 5.32 Å². The first-order valence-corrected chi connectivity index (χ1v) is 6.96. The molecular weight excluding hydrogens is 246 g/mol. The Morgan fingerprint density at radius 1 is 0.950 bits per heavy atom. The maximum absolute atomic E-state index is 5.60. The van der Waals surface area contributed by atoms with E-state index in [1.807, 2.05) is 13.8 Å². The van der Waals surface area contributed by atoms with Gasteiger partial charge in [-0.15, -0.1) is 0 Å². The van der Waals surface area contributed by atoms with E-state index in [4.69, 9.17) is 4.42 Å². The molecule has 1 atom stereocenters. The maximum Gasteiger partial charge on any atom is 0.106 e. The Labute approximate surface area is 119 Å². The van der Waals surface area contributed by atoms with Crippen molar-refractivity contribution in [3.8, 4) is 0 Å². The van der Waals surface area contributed by atoms with E-state index < -0.39 is 0 Å². The van der Waals surface area contributed by atoms with Gasteiger partial charge < -0.3 is 9.73 Å². The second-order valence-electron chi connectivity index (χ2n) is 5.30. The first-order chi connectivity index (χ1) is 9.63. The predicted octanol–water partition coefficient (Wildman–Crippen LogP) is 5.22. The van der Waals surface area contributed by atoms with E-state index in [1.54, 1.807) is 0 Å². The van der Waals surface area contributed by atoms with Gasteiger partial charge in [-0.1, -0.05) is 30.3 Å². The van der Waals surface area contributed by atoms with E-state index in [0.717, 1.165) is 17.2 Å². The number of hydrogen-bond acceptors (Lipinski definition) is 2. The first kappa shape index (κ1) is 12.8. The largest absolute Gasteiger partial charge is 0.466 e. The fourth-order valence-electron chi connectivity index (χ4n) is 2.69. The smallest absolute Gasteiger partial charge is 0.106 e. The number of aryl methyl sites for hydroxylation is 2. The molecule has 2 heteroatoms. The van der Waals surface area contributed by atoms with Gasteiger partial charge in [0.2, 0.25) is 0 Å². The number of benzene rings is 2. The van der Waals surface area contributed by atoms with E-state index in [0.29, 0.717) is 0 Å². The van der Waals surface area contributed by atoms with Crippen molar-refractivity contribution in [2.45, 2.75) is 26.8 Å². The minimum Gasteiger partial charge on any atom is -0.466 e. The number of furan rings is 1. The third kappa shape index (κ3) is 2.42. The molecule has 1 unspecified atom stereocenters. The van der Waals surface area contributed by atoms with Gasteiger partial charge in [-0.25, -0.2) is 0 Å². The van der Waals surface area contributed by atoms with Gasteiger partial charge in [0.05, 0.1) is 6.04 Å². The number of rotatable bonds is 3. The molecule has 0 bridgehead atoms.